The maximum absolute atomic E-state index is 12.1. The Labute approximate surface area is 157 Å². The number of carbonyl (C=O) groups is 1. The van der Waals surface area contributed by atoms with E-state index in [0.29, 0.717) is 5.17 Å². The molecule has 0 aromatic heterocycles. The third-order valence-electron chi connectivity index (χ3n) is 4.61. The van der Waals surface area contributed by atoms with E-state index in [-0.39, 0.29) is 28.7 Å². The van der Waals surface area contributed by atoms with E-state index in [9.17, 15) is 13.2 Å². The molecule has 8 heteroatoms. The minimum atomic E-state index is -3.07. The van der Waals surface area contributed by atoms with Crippen LogP contribution >= 0.6 is 23.4 Å². The number of alkyl halides is 1. The predicted molar refractivity (Wildman–Crippen MR) is 105 cm³/mol. The molecule has 0 aliphatic carbocycles. The molecule has 2 fully saturated rings. The van der Waals surface area contributed by atoms with Crippen LogP contribution < -0.4 is 4.90 Å². The number of carbonyl (C=O) groups excluding carboxylic acids is 1. The molecule has 1 amide bonds. The second-order valence-electron chi connectivity index (χ2n) is 6.22. The van der Waals surface area contributed by atoms with E-state index in [1.165, 1.54) is 11.8 Å². The van der Waals surface area contributed by atoms with Gasteiger partial charge in [0.1, 0.15) is 5.88 Å². The molecule has 0 bridgehead atoms. The summed E-state index contributed by atoms with van der Waals surface area (Å²) in [4.78, 5) is 18.0. The number of benzene rings is 1. The number of para-hydroxylation sites is 1. The highest BCUT2D eigenvalue weighted by molar-refractivity contribution is 8.16. The number of amides is 1. The molecular formula is C17H21ClN2O3S2. The summed E-state index contributed by atoms with van der Waals surface area (Å²) in [5.41, 5.74) is 3.28. The van der Waals surface area contributed by atoms with Gasteiger partial charge >= 0.3 is 0 Å². The Morgan fingerprint density at radius 1 is 1.28 bits per heavy atom. The van der Waals surface area contributed by atoms with Crippen LogP contribution in [0.5, 0.6) is 0 Å². The number of fused-ring (bicyclic) bond motifs is 1. The topological polar surface area (TPSA) is 66.8 Å². The molecule has 136 valence electrons. The van der Waals surface area contributed by atoms with Crippen molar-refractivity contribution in [3.63, 3.8) is 0 Å². The van der Waals surface area contributed by atoms with Crippen LogP contribution in [-0.2, 0) is 27.5 Å². The molecule has 0 radical (unpaired) electrons. The molecule has 2 saturated heterocycles. The number of anilines is 1. The lowest BCUT2D eigenvalue weighted by molar-refractivity contribution is -0.115. The van der Waals surface area contributed by atoms with E-state index in [0.717, 1.165) is 29.7 Å². The van der Waals surface area contributed by atoms with Gasteiger partial charge in [-0.15, -0.1) is 11.6 Å². The van der Waals surface area contributed by atoms with Crippen molar-refractivity contribution in [3.05, 3.63) is 29.3 Å². The van der Waals surface area contributed by atoms with Crippen LogP contribution in [0.2, 0.25) is 0 Å². The van der Waals surface area contributed by atoms with E-state index < -0.39 is 15.7 Å². The van der Waals surface area contributed by atoms with Crippen molar-refractivity contribution in [3.8, 4) is 0 Å². The number of hydrogen-bond acceptors (Lipinski definition) is 4. The van der Waals surface area contributed by atoms with Crippen LogP contribution in [0.1, 0.15) is 25.0 Å². The van der Waals surface area contributed by atoms with E-state index in [1.54, 1.807) is 0 Å². The first-order valence-electron chi connectivity index (χ1n) is 8.34. The number of nitrogens with zero attached hydrogens (tertiary/aromatic N) is 2. The summed E-state index contributed by atoms with van der Waals surface area (Å²) in [6.07, 6.45) is 1.65. The summed E-state index contributed by atoms with van der Waals surface area (Å²) in [6.45, 7) is 4.15. The normalized spacial score (nSPS) is 26.2. The first-order chi connectivity index (χ1) is 11.9. The predicted octanol–water partition coefficient (Wildman–Crippen LogP) is 2.65. The van der Waals surface area contributed by atoms with Gasteiger partial charge in [0.15, 0.2) is 15.0 Å². The summed E-state index contributed by atoms with van der Waals surface area (Å²) in [5.74, 6) is -0.353. The van der Waals surface area contributed by atoms with Gasteiger partial charge in [0.2, 0.25) is 0 Å². The first-order valence-corrected chi connectivity index (χ1v) is 11.6. The first kappa shape index (κ1) is 18.7. The molecule has 3 rings (SSSR count). The smallest absolute Gasteiger partial charge is 0.262 e. The highest BCUT2D eigenvalue weighted by Gasteiger charge is 2.50. The molecule has 5 nitrogen and oxygen atoms in total. The van der Waals surface area contributed by atoms with Crippen LogP contribution in [0.15, 0.2) is 23.2 Å². The Morgan fingerprint density at radius 3 is 2.48 bits per heavy atom. The van der Waals surface area contributed by atoms with Crippen molar-refractivity contribution in [1.82, 2.24) is 0 Å². The number of halogens is 1. The monoisotopic (exact) mass is 400 g/mol. The Hall–Kier alpha value is -1.05. The molecule has 1 aromatic carbocycles. The van der Waals surface area contributed by atoms with Crippen LogP contribution in [0.3, 0.4) is 0 Å². The van der Waals surface area contributed by atoms with Crippen LogP contribution in [-0.4, -0.2) is 48.2 Å². The maximum atomic E-state index is 12.1. The van der Waals surface area contributed by atoms with Gasteiger partial charge in [-0.2, -0.15) is 4.99 Å². The zero-order valence-electron chi connectivity index (χ0n) is 14.2. The van der Waals surface area contributed by atoms with Gasteiger partial charge in [-0.1, -0.05) is 43.8 Å². The lowest BCUT2D eigenvalue weighted by Gasteiger charge is -2.29. The molecule has 2 atom stereocenters. The van der Waals surface area contributed by atoms with Gasteiger partial charge in [-0.05, 0) is 24.0 Å². The second-order valence-corrected chi connectivity index (χ2v) is 9.85. The molecule has 25 heavy (non-hydrogen) atoms. The number of amidine groups is 1. The highest BCUT2D eigenvalue weighted by Crippen LogP contribution is 2.43. The SMILES string of the molecule is CCc1cccc(CC)c1N1C(=NC(=O)CCl)S[C@@H]2CS(=O)(=O)C[C@H]21. The third-order valence-corrected chi connectivity index (χ3v) is 8.05. The molecule has 0 saturated carbocycles. The summed E-state index contributed by atoms with van der Waals surface area (Å²) in [7, 11) is -3.07. The summed E-state index contributed by atoms with van der Waals surface area (Å²) >= 11 is 7.01. The molecule has 2 aliphatic rings. The molecule has 2 heterocycles. The van der Waals surface area contributed by atoms with Crippen molar-refractivity contribution in [2.45, 2.75) is 38.0 Å². The van der Waals surface area contributed by atoms with E-state index in [1.807, 2.05) is 11.0 Å². The average Bonchev–Trinajstić information content (AvgIpc) is 3.04. The Balaban J connectivity index is 2.15. The van der Waals surface area contributed by atoms with Gasteiger partial charge in [-0.25, -0.2) is 8.42 Å². The molecule has 0 unspecified atom stereocenters. The second kappa shape index (κ2) is 7.29. The fourth-order valence-corrected chi connectivity index (χ4v) is 7.46. The number of aliphatic imine (C=N–C) groups is 1. The summed E-state index contributed by atoms with van der Waals surface area (Å²) < 4.78 is 24.3. The van der Waals surface area contributed by atoms with Crippen molar-refractivity contribution in [2.75, 3.05) is 22.3 Å². The molecular weight excluding hydrogens is 380 g/mol. The minimum absolute atomic E-state index is 0.0958. The van der Waals surface area contributed by atoms with Crippen molar-refractivity contribution in [1.29, 1.82) is 0 Å². The van der Waals surface area contributed by atoms with E-state index in [2.05, 4.69) is 31.0 Å². The molecule has 2 aliphatic heterocycles. The standard InChI is InChI=1S/C17H21ClN2O3S2/c1-3-11-6-5-7-12(4-2)16(11)20-13-9-25(22,23)10-14(13)24-17(20)19-15(21)8-18/h5-7,13-14H,3-4,8-10H2,1-2H3/t13-,14-/m1/s1. The number of aryl methyl sites for hydroxylation is 2. The minimum Gasteiger partial charge on any atom is -0.315 e. The van der Waals surface area contributed by atoms with Gasteiger partial charge < -0.3 is 4.90 Å². The van der Waals surface area contributed by atoms with Crippen molar-refractivity contribution >= 4 is 50.0 Å². The van der Waals surface area contributed by atoms with E-state index in [4.69, 9.17) is 11.6 Å². The van der Waals surface area contributed by atoms with Gasteiger partial charge in [0, 0.05) is 10.9 Å². The number of hydrogen-bond donors (Lipinski definition) is 0. The zero-order chi connectivity index (χ0) is 18.2. The van der Waals surface area contributed by atoms with Crippen LogP contribution in [0.25, 0.3) is 0 Å². The van der Waals surface area contributed by atoms with Gasteiger partial charge in [0.25, 0.3) is 5.91 Å². The Morgan fingerprint density at radius 2 is 1.92 bits per heavy atom. The van der Waals surface area contributed by atoms with E-state index >= 15 is 0 Å². The van der Waals surface area contributed by atoms with Crippen molar-refractivity contribution < 1.29 is 13.2 Å². The highest BCUT2D eigenvalue weighted by atomic mass is 35.5. The lowest BCUT2D eigenvalue weighted by Crippen LogP contribution is -2.39. The quantitative estimate of drug-likeness (QED) is 0.727. The average molecular weight is 401 g/mol. The van der Waals surface area contributed by atoms with Gasteiger partial charge in [0.05, 0.1) is 17.5 Å². The van der Waals surface area contributed by atoms with Crippen LogP contribution in [0.4, 0.5) is 5.69 Å². The molecule has 0 spiro atoms. The molecule has 1 aromatic rings. The van der Waals surface area contributed by atoms with Crippen molar-refractivity contribution in [2.24, 2.45) is 4.99 Å². The number of sulfone groups is 1. The fourth-order valence-electron chi connectivity index (χ4n) is 3.49. The lowest BCUT2D eigenvalue weighted by atomic mass is 10.0. The number of thioether (sulfide) groups is 1. The number of rotatable bonds is 4. The zero-order valence-corrected chi connectivity index (χ0v) is 16.6. The Kier molecular flexibility index (Phi) is 5.46. The van der Waals surface area contributed by atoms with Gasteiger partial charge in [-0.3, -0.25) is 4.79 Å². The third kappa shape index (κ3) is 3.59. The summed E-state index contributed by atoms with van der Waals surface area (Å²) in [5, 5.41) is 0.479. The maximum Gasteiger partial charge on any atom is 0.262 e. The fraction of sp³-hybridized carbons (Fsp3) is 0.529. The largest absolute Gasteiger partial charge is 0.315 e. The Bertz CT molecular complexity index is 801. The summed E-state index contributed by atoms with van der Waals surface area (Å²) in [6, 6.07) is 5.94. The molecule has 0 N–H and O–H groups in total. The van der Waals surface area contributed by atoms with Crippen LogP contribution in [0, 0.1) is 0 Å².